The standard InChI is InChI=1S/C29H41F2N3O3/c1-19(35)37-28(12-13-36-3)11-9-22-21(14-28)4-5-24-23(22)8-10-27(2)25(24)6-7-26(27)29(30,31)18-34-17-20(15-32)16-33-34/h16-17,21-26H,4-14,18H2,1-3H3/t21-,22+,23-,24-,25+,26+,27+,28+/m1/s1. The van der Waals surface area contributed by atoms with Crippen LogP contribution in [0.4, 0.5) is 8.78 Å². The van der Waals surface area contributed by atoms with Crippen LogP contribution in [0, 0.1) is 52.3 Å². The Bertz CT molecular complexity index is 1040. The van der Waals surface area contributed by atoms with E-state index in [0.29, 0.717) is 48.2 Å². The van der Waals surface area contributed by atoms with E-state index < -0.39 is 24.0 Å². The normalized spacial score (nSPS) is 39.2. The average Bonchev–Trinajstić information content (AvgIpc) is 3.45. The third-order valence-electron chi connectivity index (χ3n) is 10.9. The monoisotopic (exact) mass is 517 g/mol. The van der Waals surface area contributed by atoms with E-state index in [4.69, 9.17) is 14.7 Å². The van der Waals surface area contributed by atoms with E-state index in [1.807, 2.05) is 6.07 Å². The summed E-state index contributed by atoms with van der Waals surface area (Å²) in [6, 6.07) is 1.97. The molecule has 0 saturated heterocycles. The number of methoxy groups -OCH3 is 1. The maximum atomic E-state index is 15.7. The SMILES string of the molecule is COCC[C@@]1(OC(C)=O)CC[C@H]2[C@H](CC[C@@H]3[C@@H]2CC[C@]2(C)[C@@H](C(F)(F)Cn4cc(C#N)cn4)CC[C@@H]32)C1. The van der Waals surface area contributed by atoms with Gasteiger partial charge in [0.25, 0.3) is 5.92 Å². The second-order valence-corrected chi connectivity index (χ2v) is 12.7. The lowest BCUT2D eigenvalue weighted by Gasteiger charge is -2.58. The van der Waals surface area contributed by atoms with Crippen molar-refractivity contribution in [3.05, 3.63) is 18.0 Å². The number of nitrogens with zero attached hydrogens (tertiary/aromatic N) is 3. The molecule has 0 N–H and O–H groups in total. The smallest absolute Gasteiger partial charge is 0.303 e. The van der Waals surface area contributed by atoms with Gasteiger partial charge in [-0.15, -0.1) is 0 Å². The molecular weight excluding hydrogens is 476 g/mol. The largest absolute Gasteiger partial charge is 0.459 e. The zero-order chi connectivity index (χ0) is 26.4. The molecule has 37 heavy (non-hydrogen) atoms. The van der Waals surface area contributed by atoms with Crippen molar-refractivity contribution in [1.82, 2.24) is 9.78 Å². The van der Waals surface area contributed by atoms with Crippen LogP contribution in [0.1, 0.15) is 83.6 Å². The number of nitriles is 1. The summed E-state index contributed by atoms with van der Waals surface area (Å²) >= 11 is 0. The summed E-state index contributed by atoms with van der Waals surface area (Å²) in [5.41, 5.74) is -0.467. The van der Waals surface area contributed by atoms with Gasteiger partial charge in [0.1, 0.15) is 18.2 Å². The molecular formula is C29H41F2N3O3. The summed E-state index contributed by atoms with van der Waals surface area (Å²) in [6.45, 7) is 3.76. The molecule has 4 aliphatic carbocycles. The van der Waals surface area contributed by atoms with E-state index in [0.717, 1.165) is 57.8 Å². The molecule has 0 aromatic carbocycles. The van der Waals surface area contributed by atoms with Gasteiger partial charge in [-0.3, -0.25) is 9.48 Å². The van der Waals surface area contributed by atoms with Gasteiger partial charge in [-0.2, -0.15) is 10.4 Å². The molecule has 4 fully saturated rings. The number of carbonyl (C=O) groups is 1. The third-order valence-corrected chi connectivity index (χ3v) is 10.9. The van der Waals surface area contributed by atoms with Crippen LogP contribution in [-0.4, -0.2) is 41.0 Å². The minimum absolute atomic E-state index is 0.214. The zero-order valence-electron chi connectivity index (χ0n) is 22.4. The number of carbonyl (C=O) groups excluding carboxylic acids is 1. The highest BCUT2D eigenvalue weighted by Crippen LogP contribution is 2.67. The molecule has 0 amide bonds. The fraction of sp³-hybridized carbons (Fsp3) is 0.828. The first-order valence-electron chi connectivity index (χ1n) is 14.1. The second kappa shape index (κ2) is 9.94. The van der Waals surface area contributed by atoms with Crippen molar-refractivity contribution in [1.29, 1.82) is 5.26 Å². The summed E-state index contributed by atoms with van der Waals surface area (Å²) in [5.74, 6) is -1.16. The van der Waals surface area contributed by atoms with Crippen molar-refractivity contribution >= 4 is 5.97 Å². The van der Waals surface area contributed by atoms with Gasteiger partial charge in [-0.25, -0.2) is 8.78 Å². The van der Waals surface area contributed by atoms with Crippen LogP contribution in [0.5, 0.6) is 0 Å². The number of rotatable bonds is 7. The lowest BCUT2D eigenvalue weighted by Crippen LogP contribution is -2.53. The topological polar surface area (TPSA) is 77.1 Å². The summed E-state index contributed by atoms with van der Waals surface area (Å²) in [4.78, 5) is 11.9. The quantitative estimate of drug-likeness (QED) is 0.415. The molecule has 204 valence electrons. The summed E-state index contributed by atoms with van der Waals surface area (Å²) in [5, 5.41) is 13.0. The predicted octanol–water partition coefficient (Wildman–Crippen LogP) is 6.00. The van der Waals surface area contributed by atoms with Crippen LogP contribution >= 0.6 is 0 Å². The summed E-state index contributed by atoms with van der Waals surface area (Å²) in [6.07, 6.45) is 11.8. The maximum absolute atomic E-state index is 15.7. The molecule has 8 heteroatoms. The van der Waals surface area contributed by atoms with Gasteiger partial charge in [0.15, 0.2) is 0 Å². The molecule has 0 spiro atoms. The Morgan fingerprint density at radius 1 is 1.19 bits per heavy atom. The number of fused-ring (bicyclic) bond motifs is 5. The minimum Gasteiger partial charge on any atom is -0.459 e. The van der Waals surface area contributed by atoms with Gasteiger partial charge in [0.05, 0.1) is 11.8 Å². The summed E-state index contributed by atoms with van der Waals surface area (Å²) < 4.78 is 44.0. The number of aromatic nitrogens is 2. The van der Waals surface area contributed by atoms with E-state index in [-0.39, 0.29) is 11.4 Å². The van der Waals surface area contributed by atoms with Gasteiger partial charge >= 0.3 is 5.97 Å². The van der Waals surface area contributed by atoms with E-state index in [1.165, 1.54) is 24.0 Å². The highest BCUT2D eigenvalue weighted by molar-refractivity contribution is 5.66. The van der Waals surface area contributed by atoms with Crippen molar-refractivity contribution in [2.24, 2.45) is 40.9 Å². The van der Waals surface area contributed by atoms with Crippen LogP contribution in [-0.2, 0) is 20.8 Å². The van der Waals surface area contributed by atoms with Crippen molar-refractivity contribution < 1.29 is 23.0 Å². The average molecular weight is 518 g/mol. The lowest BCUT2D eigenvalue weighted by atomic mass is 9.48. The number of esters is 1. The molecule has 1 heterocycles. The summed E-state index contributed by atoms with van der Waals surface area (Å²) in [7, 11) is 1.69. The molecule has 8 atom stereocenters. The van der Waals surface area contributed by atoms with Crippen molar-refractivity contribution in [3.63, 3.8) is 0 Å². The number of ether oxygens (including phenoxy) is 2. The molecule has 0 bridgehead atoms. The first kappa shape index (κ1) is 26.6. The van der Waals surface area contributed by atoms with Gasteiger partial charge in [-0.05, 0) is 92.8 Å². The number of hydrogen-bond acceptors (Lipinski definition) is 5. The van der Waals surface area contributed by atoms with Crippen LogP contribution in [0.15, 0.2) is 12.4 Å². The van der Waals surface area contributed by atoms with Gasteiger partial charge in [0.2, 0.25) is 0 Å². The number of hydrogen-bond donors (Lipinski definition) is 0. The number of halogens is 2. The molecule has 6 nitrogen and oxygen atoms in total. The van der Waals surface area contributed by atoms with E-state index in [2.05, 4.69) is 12.0 Å². The maximum Gasteiger partial charge on any atom is 0.303 e. The van der Waals surface area contributed by atoms with E-state index in [9.17, 15) is 4.79 Å². The Hall–Kier alpha value is -2.01. The Morgan fingerprint density at radius 3 is 2.68 bits per heavy atom. The number of alkyl halides is 2. The molecule has 4 saturated carbocycles. The Labute approximate surface area is 219 Å². The molecule has 1 aromatic rings. The second-order valence-electron chi connectivity index (χ2n) is 12.7. The van der Waals surface area contributed by atoms with Gasteiger partial charge in [-0.1, -0.05) is 6.92 Å². The first-order chi connectivity index (χ1) is 17.6. The highest BCUT2D eigenvalue weighted by Gasteiger charge is 2.63. The van der Waals surface area contributed by atoms with Gasteiger partial charge in [0, 0.05) is 39.2 Å². The van der Waals surface area contributed by atoms with E-state index >= 15 is 8.78 Å². The molecule has 1 aromatic heterocycles. The Balaban J connectivity index is 1.29. The zero-order valence-corrected chi connectivity index (χ0v) is 22.4. The van der Waals surface area contributed by atoms with E-state index in [1.54, 1.807) is 7.11 Å². The highest BCUT2D eigenvalue weighted by atomic mass is 19.3. The van der Waals surface area contributed by atoms with Crippen LogP contribution in [0.2, 0.25) is 0 Å². The molecule has 4 aliphatic rings. The molecule has 0 radical (unpaired) electrons. The molecule has 0 aliphatic heterocycles. The van der Waals surface area contributed by atoms with Crippen LogP contribution in [0.3, 0.4) is 0 Å². The molecule has 5 rings (SSSR count). The fourth-order valence-electron chi connectivity index (χ4n) is 9.44. The Morgan fingerprint density at radius 2 is 1.97 bits per heavy atom. The van der Waals surface area contributed by atoms with Crippen molar-refractivity contribution in [3.8, 4) is 6.07 Å². The predicted molar refractivity (Wildman–Crippen MR) is 133 cm³/mol. The van der Waals surface area contributed by atoms with Crippen LogP contribution < -0.4 is 0 Å². The molecule has 0 unspecified atom stereocenters. The Kier molecular flexibility index (Phi) is 7.15. The van der Waals surface area contributed by atoms with Crippen molar-refractivity contribution in [2.75, 3.05) is 13.7 Å². The first-order valence-corrected chi connectivity index (χ1v) is 14.1. The van der Waals surface area contributed by atoms with Crippen LogP contribution in [0.25, 0.3) is 0 Å². The third kappa shape index (κ3) is 4.82. The van der Waals surface area contributed by atoms with Gasteiger partial charge < -0.3 is 9.47 Å². The fourth-order valence-corrected chi connectivity index (χ4v) is 9.44. The van der Waals surface area contributed by atoms with Crippen molar-refractivity contribution in [2.45, 2.75) is 96.1 Å². The minimum atomic E-state index is -2.86. The lowest BCUT2D eigenvalue weighted by molar-refractivity contribution is -0.176.